The first-order valence-electron chi connectivity index (χ1n) is 5.45. The lowest BCUT2D eigenvalue weighted by Crippen LogP contribution is -2.07. The van der Waals surface area contributed by atoms with Crippen LogP contribution in [0.2, 0.25) is 0 Å². The van der Waals surface area contributed by atoms with Crippen molar-refractivity contribution in [3.05, 3.63) is 18.6 Å². The SMILES string of the molecule is c1cnc(NCCC2CCCC2)cn1. The minimum Gasteiger partial charge on any atom is -0.369 e. The summed E-state index contributed by atoms with van der Waals surface area (Å²) in [7, 11) is 0. The highest BCUT2D eigenvalue weighted by atomic mass is 15.0. The van der Waals surface area contributed by atoms with Gasteiger partial charge in [0.2, 0.25) is 0 Å². The Hall–Kier alpha value is -1.12. The number of anilines is 1. The van der Waals surface area contributed by atoms with Gasteiger partial charge >= 0.3 is 0 Å². The summed E-state index contributed by atoms with van der Waals surface area (Å²) in [5.74, 6) is 1.84. The third-order valence-electron chi connectivity index (χ3n) is 2.90. The van der Waals surface area contributed by atoms with Gasteiger partial charge in [-0.15, -0.1) is 0 Å². The van der Waals surface area contributed by atoms with Crippen molar-refractivity contribution in [1.29, 1.82) is 0 Å². The Morgan fingerprint density at radius 3 is 2.86 bits per heavy atom. The molecule has 0 bridgehead atoms. The predicted octanol–water partition coefficient (Wildman–Crippen LogP) is 2.47. The third-order valence-corrected chi connectivity index (χ3v) is 2.90. The molecule has 0 unspecified atom stereocenters. The average molecular weight is 191 g/mol. The molecule has 76 valence electrons. The van der Waals surface area contributed by atoms with Crippen molar-refractivity contribution in [3.63, 3.8) is 0 Å². The summed E-state index contributed by atoms with van der Waals surface area (Å²) < 4.78 is 0. The van der Waals surface area contributed by atoms with Crippen LogP contribution in [-0.4, -0.2) is 16.5 Å². The van der Waals surface area contributed by atoms with Gasteiger partial charge in [-0.05, 0) is 12.3 Å². The maximum Gasteiger partial charge on any atom is 0.144 e. The van der Waals surface area contributed by atoms with E-state index in [9.17, 15) is 0 Å². The zero-order valence-corrected chi connectivity index (χ0v) is 8.45. The van der Waals surface area contributed by atoms with E-state index in [1.165, 1.54) is 32.1 Å². The Morgan fingerprint density at radius 2 is 2.14 bits per heavy atom. The Balaban J connectivity index is 1.67. The van der Waals surface area contributed by atoms with Crippen LogP contribution in [-0.2, 0) is 0 Å². The number of hydrogen-bond donors (Lipinski definition) is 1. The van der Waals surface area contributed by atoms with Crippen LogP contribution in [0.4, 0.5) is 5.82 Å². The molecule has 0 aliphatic heterocycles. The van der Waals surface area contributed by atoms with Crippen LogP contribution in [0.5, 0.6) is 0 Å². The first kappa shape index (κ1) is 9.44. The van der Waals surface area contributed by atoms with E-state index >= 15 is 0 Å². The standard InChI is InChI=1S/C11H17N3/c1-2-4-10(3-1)5-6-13-11-9-12-7-8-14-11/h7-10H,1-6H2,(H,13,14). The molecule has 1 aliphatic carbocycles. The van der Waals surface area contributed by atoms with Crippen molar-refractivity contribution in [2.75, 3.05) is 11.9 Å². The first-order chi connectivity index (χ1) is 6.95. The molecular formula is C11H17N3. The smallest absolute Gasteiger partial charge is 0.144 e. The first-order valence-corrected chi connectivity index (χ1v) is 5.45. The van der Waals surface area contributed by atoms with Gasteiger partial charge in [-0.1, -0.05) is 25.7 Å². The summed E-state index contributed by atoms with van der Waals surface area (Å²) in [5.41, 5.74) is 0. The molecule has 1 aromatic heterocycles. The molecule has 0 radical (unpaired) electrons. The topological polar surface area (TPSA) is 37.8 Å². The molecule has 0 saturated heterocycles. The second kappa shape index (κ2) is 4.94. The van der Waals surface area contributed by atoms with E-state index in [2.05, 4.69) is 15.3 Å². The van der Waals surface area contributed by atoms with Crippen molar-refractivity contribution in [2.24, 2.45) is 5.92 Å². The molecule has 14 heavy (non-hydrogen) atoms. The largest absolute Gasteiger partial charge is 0.369 e. The summed E-state index contributed by atoms with van der Waals surface area (Å²) in [4.78, 5) is 8.18. The molecule has 0 spiro atoms. The van der Waals surface area contributed by atoms with Gasteiger partial charge in [-0.3, -0.25) is 4.98 Å². The van der Waals surface area contributed by atoms with Gasteiger partial charge < -0.3 is 5.32 Å². The molecule has 3 heteroatoms. The fourth-order valence-electron chi connectivity index (χ4n) is 2.09. The van der Waals surface area contributed by atoms with Gasteiger partial charge in [0, 0.05) is 18.9 Å². The molecule has 1 saturated carbocycles. The summed E-state index contributed by atoms with van der Waals surface area (Å²) in [6.45, 7) is 1.03. The summed E-state index contributed by atoms with van der Waals surface area (Å²) in [5, 5.41) is 3.30. The fourth-order valence-corrected chi connectivity index (χ4v) is 2.09. The molecule has 2 rings (SSSR count). The quantitative estimate of drug-likeness (QED) is 0.794. The summed E-state index contributed by atoms with van der Waals surface area (Å²) in [6, 6.07) is 0. The third kappa shape index (κ3) is 2.69. The summed E-state index contributed by atoms with van der Waals surface area (Å²) in [6.07, 6.45) is 12.2. The minimum absolute atomic E-state index is 0.894. The van der Waals surface area contributed by atoms with E-state index in [1.54, 1.807) is 18.6 Å². The van der Waals surface area contributed by atoms with E-state index in [-0.39, 0.29) is 0 Å². The number of rotatable bonds is 4. The average Bonchev–Trinajstić information content (AvgIpc) is 2.72. The highest BCUT2D eigenvalue weighted by Gasteiger charge is 2.13. The number of nitrogens with one attached hydrogen (secondary N) is 1. The predicted molar refractivity (Wildman–Crippen MR) is 57.1 cm³/mol. The molecule has 1 aliphatic rings. The Bertz CT molecular complexity index is 254. The van der Waals surface area contributed by atoms with Crippen molar-refractivity contribution < 1.29 is 0 Å². The molecule has 0 aromatic carbocycles. The highest BCUT2D eigenvalue weighted by molar-refractivity contribution is 5.29. The van der Waals surface area contributed by atoms with Crippen LogP contribution in [0.25, 0.3) is 0 Å². The monoisotopic (exact) mass is 191 g/mol. The van der Waals surface area contributed by atoms with E-state index < -0.39 is 0 Å². The second-order valence-electron chi connectivity index (χ2n) is 3.96. The zero-order chi connectivity index (χ0) is 9.64. The van der Waals surface area contributed by atoms with Crippen molar-refractivity contribution in [2.45, 2.75) is 32.1 Å². The second-order valence-corrected chi connectivity index (χ2v) is 3.96. The Kier molecular flexibility index (Phi) is 3.33. The van der Waals surface area contributed by atoms with Crippen molar-refractivity contribution >= 4 is 5.82 Å². The van der Waals surface area contributed by atoms with Crippen molar-refractivity contribution in [1.82, 2.24) is 9.97 Å². The molecule has 1 N–H and O–H groups in total. The van der Waals surface area contributed by atoms with Crippen LogP contribution in [0, 0.1) is 5.92 Å². The van der Waals surface area contributed by atoms with Gasteiger partial charge in [-0.25, -0.2) is 4.98 Å². The van der Waals surface area contributed by atoms with Gasteiger partial charge in [0.05, 0.1) is 6.20 Å². The van der Waals surface area contributed by atoms with Gasteiger partial charge in [0.25, 0.3) is 0 Å². The number of hydrogen-bond acceptors (Lipinski definition) is 3. The molecule has 0 amide bonds. The van der Waals surface area contributed by atoms with Gasteiger partial charge in [0.1, 0.15) is 5.82 Å². The van der Waals surface area contributed by atoms with E-state index in [1.807, 2.05) is 0 Å². The van der Waals surface area contributed by atoms with Crippen molar-refractivity contribution in [3.8, 4) is 0 Å². The fraction of sp³-hybridized carbons (Fsp3) is 0.636. The number of aromatic nitrogens is 2. The lowest BCUT2D eigenvalue weighted by Gasteiger charge is -2.09. The van der Waals surface area contributed by atoms with Gasteiger partial charge in [0.15, 0.2) is 0 Å². The Morgan fingerprint density at radius 1 is 1.29 bits per heavy atom. The van der Waals surface area contributed by atoms with Crippen LogP contribution in [0.15, 0.2) is 18.6 Å². The molecule has 1 fully saturated rings. The maximum absolute atomic E-state index is 4.17. The van der Waals surface area contributed by atoms with Gasteiger partial charge in [-0.2, -0.15) is 0 Å². The zero-order valence-electron chi connectivity index (χ0n) is 8.45. The molecule has 1 aromatic rings. The van der Waals surface area contributed by atoms with E-state index in [4.69, 9.17) is 0 Å². The highest BCUT2D eigenvalue weighted by Crippen LogP contribution is 2.27. The lowest BCUT2D eigenvalue weighted by atomic mass is 10.0. The molecule has 0 atom stereocenters. The van der Waals surface area contributed by atoms with Crippen LogP contribution in [0.3, 0.4) is 0 Å². The molecule has 3 nitrogen and oxygen atoms in total. The lowest BCUT2D eigenvalue weighted by molar-refractivity contribution is 0.518. The number of nitrogens with zero attached hydrogens (tertiary/aromatic N) is 2. The van der Waals surface area contributed by atoms with Crippen LogP contribution >= 0.6 is 0 Å². The van der Waals surface area contributed by atoms with E-state index in [0.29, 0.717) is 0 Å². The normalized spacial score (nSPS) is 17.1. The Labute approximate surface area is 85.0 Å². The molecule has 1 heterocycles. The van der Waals surface area contributed by atoms with Crippen LogP contribution < -0.4 is 5.32 Å². The van der Waals surface area contributed by atoms with E-state index in [0.717, 1.165) is 18.3 Å². The molecular weight excluding hydrogens is 174 g/mol. The maximum atomic E-state index is 4.17. The van der Waals surface area contributed by atoms with Crippen LogP contribution in [0.1, 0.15) is 32.1 Å². The summed E-state index contributed by atoms with van der Waals surface area (Å²) >= 11 is 0. The minimum atomic E-state index is 0.894.